The molecule has 2 heterocycles. The van der Waals surface area contributed by atoms with Crippen LogP contribution in [0.5, 0.6) is 0 Å². The van der Waals surface area contributed by atoms with Gasteiger partial charge in [-0.15, -0.1) is 0 Å². The molecule has 0 aliphatic rings. The second-order valence-corrected chi connectivity index (χ2v) is 8.75. The van der Waals surface area contributed by atoms with Gasteiger partial charge >= 0.3 is 0 Å². The highest BCUT2D eigenvalue weighted by atomic mass is 32.2. The average molecular weight is 388 g/mol. The normalized spacial score (nSPS) is 13.2. The molecule has 1 N–H and O–H groups in total. The molecule has 7 heteroatoms. The molecule has 3 aromatic rings. The summed E-state index contributed by atoms with van der Waals surface area (Å²) in [6.07, 6.45) is 1.58. The minimum Gasteiger partial charge on any atom is -0.467 e. The lowest BCUT2D eigenvalue weighted by atomic mass is 10.0. The molecule has 0 amide bonds. The lowest BCUT2D eigenvalue weighted by Crippen LogP contribution is -2.32. The molecule has 0 fully saturated rings. The maximum absolute atomic E-state index is 12.7. The van der Waals surface area contributed by atoms with Crippen molar-refractivity contribution in [2.75, 3.05) is 6.54 Å². The number of hydrogen-bond donors (Lipinski definition) is 1. The van der Waals surface area contributed by atoms with Crippen molar-refractivity contribution in [2.24, 2.45) is 0 Å². The van der Waals surface area contributed by atoms with Crippen LogP contribution in [0.25, 0.3) is 0 Å². The van der Waals surface area contributed by atoms with Gasteiger partial charge in [0.05, 0.1) is 16.9 Å². The van der Waals surface area contributed by atoms with Crippen molar-refractivity contribution >= 4 is 10.0 Å². The van der Waals surface area contributed by atoms with Gasteiger partial charge in [-0.3, -0.25) is 4.68 Å². The number of rotatable bonds is 7. The fourth-order valence-corrected chi connectivity index (χ4v) is 4.09. The van der Waals surface area contributed by atoms with Crippen molar-refractivity contribution in [1.29, 1.82) is 0 Å². The Morgan fingerprint density at radius 3 is 2.37 bits per heavy atom. The molecular weight excluding hydrogens is 362 g/mol. The summed E-state index contributed by atoms with van der Waals surface area (Å²) in [6.45, 7) is 8.14. The Labute approximate surface area is 160 Å². The molecule has 1 atom stereocenters. The van der Waals surface area contributed by atoms with Gasteiger partial charge in [-0.2, -0.15) is 5.10 Å². The van der Waals surface area contributed by atoms with E-state index in [9.17, 15) is 8.42 Å². The molecule has 0 saturated carbocycles. The van der Waals surface area contributed by atoms with Crippen LogP contribution in [0, 0.1) is 13.8 Å². The molecule has 1 aromatic carbocycles. The van der Waals surface area contributed by atoms with Crippen molar-refractivity contribution in [3.05, 3.63) is 71.4 Å². The number of aryl methyl sites for hydroxylation is 2. The zero-order chi connectivity index (χ0) is 19.6. The summed E-state index contributed by atoms with van der Waals surface area (Å²) in [5.74, 6) is 1.00. The largest absolute Gasteiger partial charge is 0.467 e. The Bertz CT molecular complexity index is 988. The summed E-state index contributed by atoms with van der Waals surface area (Å²) in [5, 5.41) is 4.49. The van der Waals surface area contributed by atoms with Crippen LogP contribution in [0.15, 0.2) is 58.0 Å². The van der Waals surface area contributed by atoms with Crippen LogP contribution in [0.2, 0.25) is 0 Å². The highest BCUT2D eigenvalue weighted by Crippen LogP contribution is 2.22. The molecule has 6 nitrogen and oxygen atoms in total. The number of nitrogens with one attached hydrogen (secondary N) is 1. The van der Waals surface area contributed by atoms with Crippen molar-refractivity contribution < 1.29 is 12.8 Å². The molecular formula is C20H25N3O3S. The van der Waals surface area contributed by atoms with E-state index < -0.39 is 10.0 Å². The van der Waals surface area contributed by atoms with E-state index in [1.807, 2.05) is 38.1 Å². The first kappa shape index (κ1) is 19.4. The third kappa shape index (κ3) is 4.31. The van der Waals surface area contributed by atoms with Crippen LogP contribution in [0.4, 0.5) is 0 Å². The Balaban J connectivity index is 1.83. The van der Waals surface area contributed by atoms with E-state index in [1.54, 1.807) is 29.1 Å². The first-order valence-corrected chi connectivity index (χ1v) is 10.4. The van der Waals surface area contributed by atoms with E-state index in [4.69, 9.17) is 4.42 Å². The van der Waals surface area contributed by atoms with Gasteiger partial charge in [0.1, 0.15) is 11.8 Å². The Morgan fingerprint density at radius 2 is 1.85 bits per heavy atom. The van der Waals surface area contributed by atoms with Gasteiger partial charge in [-0.05, 0) is 55.7 Å². The number of nitrogens with zero attached hydrogens (tertiary/aromatic N) is 2. The van der Waals surface area contributed by atoms with Crippen molar-refractivity contribution in [3.63, 3.8) is 0 Å². The number of benzene rings is 1. The Morgan fingerprint density at radius 1 is 1.15 bits per heavy atom. The predicted molar refractivity (Wildman–Crippen MR) is 104 cm³/mol. The molecule has 0 aliphatic carbocycles. The summed E-state index contributed by atoms with van der Waals surface area (Å²) in [6, 6.07) is 12.2. The number of aromatic nitrogens is 2. The van der Waals surface area contributed by atoms with Gasteiger partial charge in [0.2, 0.25) is 10.0 Å². The maximum atomic E-state index is 12.7. The van der Waals surface area contributed by atoms with E-state index in [0.717, 1.165) is 17.0 Å². The van der Waals surface area contributed by atoms with Gasteiger partial charge in [0, 0.05) is 12.2 Å². The second kappa shape index (κ2) is 7.70. The molecule has 0 bridgehead atoms. The molecule has 0 radical (unpaired) electrons. The van der Waals surface area contributed by atoms with Crippen LogP contribution in [-0.4, -0.2) is 24.7 Å². The monoisotopic (exact) mass is 387 g/mol. The summed E-state index contributed by atoms with van der Waals surface area (Å²) in [7, 11) is -3.64. The molecule has 27 heavy (non-hydrogen) atoms. The van der Waals surface area contributed by atoms with Gasteiger partial charge in [0.15, 0.2) is 0 Å². The van der Waals surface area contributed by atoms with Gasteiger partial charge < -0.3 is 4.42 Å². The number of hydrogen-bond acceptors (Lipinski definition) is 4. The quantitative estimate of drug-likeness (QED) is 0.669. The smallest absolute Gasteiger partial charge is 0.240 e. The van der Waals surface area contributed by atoms with Crippen molar-refractivity contribution in [1.82, 2.24) is 14.5 Å². The zero-order valence-corrected chi connectivity index (χ0v) is 16.8. The average Bonchev–Trinajstić information content (AvgIpc) is 3.25. The minimum absolute atomic E-state index is 0.143. The molecule has 2 aromatic heterocycles. The third-order valence-corrected chi connectivity index (χ3v) is 5.97. The molecule has 144 valence electrons. The highest BCUT2D eigenvalue weighted by molar-refractivity contribution is 7.89. The van der Waals surface area contributed by atoms with Crippen molar-refractivity contribution in [2.45, 2.75) is 44.6 Å². The highest BCUT2D eigenvalue weighted by Gasteiger charge is 2.23. The molecule has 3 rings (SSSR count). The SMILES string of the molecule is Cc1cc(C)n(C(CNS(=O)(=O)c2ccc(C(C)C)cc2)c2ccco2)n1. The third-order valence-electron chi connectivity index (χ3n) is 4.54. The maximum Gasteiger partial charge on any atom is 0.240 e. The summed E-state index contributed by atoms with van der Waals surface area (Å²) in [5.41, 5.74) is 2.91. The molecule has 0 saturated heterocycles. The first-order chi connectivity index (χ1) is 12.8. The predicted octanol–water partition coefficient (Wildman–Crippen LogP) is 3.78. The standard InChI is InChI=1S/C20H25N3O3S/c1-14(2)17-7-9-18(10-8-17)27(24,25)21-13-19(20-6-5-11-26-20)23-16(4)12-15(3)22-23/h5-12,14,19,21H,13H2,1-4H3. The molecule has 1 unspecified atom stereocenters. The van der Waals surface area contributed by atoms with E-state index >= 15 is 0 Å². The van der Waals surface area contributed by atoms with E-state index in [1.165, 1.54) is 0 Å². The molecule has 0 spiro atoms. The summed E-state index contributed by atoms with van der Waals surface area (Å²) in [4.78, 5) is 0.249. The fourth-order valence-electron chi connectivity index (χ4n) is 3.05. The lowest BCUT2D eigenvalue weighted by Gasteiger charge is -2.18. The van der Waals surface area contributed by atoms with Crippen LogP contribution < -0.4 is 4.72 Å². The zero-order valence-electron chi connectivity index (χ0n) is 16.0. The second-order valence-electron chi connectivity index (χ2n) is 6.98. The van der Waals surface area contributed by atoms with Crippen LogP contribution in [0.1, 0.15) is 48.5 Å². The van der Waals surface area contributed by atoms with Crippen LogP contribution in [-0.2, 0) is 10.0 Å². The lowest BCUT2D eigenvalue weighted by molar-refractivity contribution is 0.397. The Kier molecular flexibility index (Phi) is 5.53. The fraction of sp³-hybridized carbons (Fsp3) is 0.350. The van der Waals surface area contributed by atoms with Crippen LogP contribution in [0.3, 0.4) is 0 Å². The van der Waals surface area contributed by atoms with Crippen molar-refractivity contribution in [3.8, 4) is 0 Å². The Hall–Kier alpha value is -2.38. The summed E-state index contributed by atoms with van der Waals surface area (Å²) < 4.78 is 35.5. The molecule has 0 aliphatic heterocycles. The first-order valence-electron chi connectivity index (χ1n) is 8.93. The van der Waals surface area contributed by atoms with E-state index in [-0.39, 0.29) is 17.5 Å². The van der Waals surface area contributed by atoms with E-state index in [2.05, 4.69) is 23.7 Å². The number of furan rings is 1. The van der Waals surface area contributed by atoms with Gasteiger partial charge in [0.25, 0.3) is 0 Å². The van der Waals surface area contributed by atoms with Gasteiger partial charge in [-0.25, -0.2) is 13.1 Å². The number of sulfonamides is 1. The topological polar surface area (TPSA) is 77.1 Å². The van der Waals surface area contributed by atoms with E-state index in [0.29, 0.717) is 11.7 Å². The summed E-state index contributed by atoms with van der Waals surface area (Å²) >= 11 is 0. The minimum atomic E-state index is -3.64. The van der Waals surface area contributed by atoms with Gasteiger partial charge in [-0.1, -0.05) is 26.0 Å². The van der Waals surface area contributed by atoms with Crippen LogP contribution >= 0.6 is 0 Å².